The molecule has 6 N–H and O–H groups in total. The molecular weight excluding hydrogens is 458 g/mol. The lowest BCUT2D eigenvalue weighted by Gasteiger charge is -2.25. The van der Waals surface area contributed by atoms with Gasteiger partial charge in [-0.2, -0.15) is 0 Å². The monoisotopic (exact) mass is 503 g/mol. The van der Waals surface area contributed by atoms with E-state index in [2.05, 4.69) is 21.3 Å². The Morgan fingerprint density at radius 1 is 0.714 bits per heavy atom. The first kappa shape index (κ1) is 32.2. The van der Waals surface area contributed by atoms with Crippen LogP contribution in [0.2, 0.25) is 0 Å². The van der Waals surface area contributed by atoms with Gasteiger partial charge >= 0.3 is 18.3 Å². The van der Waals surface area contributed by atoms with Crippen molar-refractivity contribution in [3.63, 3.8) is 0 Å². The molecule has 12 nitrogen and oxygen atoms in total. The lowest BCUT2D eigenvalue weighted by atomic mass is 10.1. The maximum Gasteiger partial charge on any atom is 0.408 e. The number of hydrogen-bond donors (Lipinski definition) is 5. The quantitative estimate of drug-likeness (QED) is 0.223. The Morgan fingerprint density at radius 2 is 1.17 bits per heavy atom. The van der Waals surface area contributed by atoms with Gasteiger partial charge in [0, 0.05) is 25.7 Å². The molecule has 0 rings (SSSR count). The number of nitrogens with one attached hydrogen (secondary N) is 4. The van der Waals surface area contributed by atoms with Gasteiger partial charge in [0.15, 0.2) is 0 Å². The Bertz CT molecular complexity index is 709. The van der Waals surface area contributed by atoms with E-state index in [1.165, 1.54) is 0 Å². The molecule has 0 aliphatic heterocycles. The predicted molar refractivity (Wildman–Crippen MR) is 132 cm³/mol. The van der Waals surface area contributed by atoms with E-state index in [0.717, 1.165) is 0 Å². The van der Waals surface area contributed by atoms with Crippen LogP contribution < -0.4 is 27.0 Å². The van der Waals surface area contributed by atoms with E-state index >= 15 is 0 Å². The van der Waals surface area contributed by atoms with Crippen molar-refractivity contribution in [3.8, 4) is 0 Å². The summed E-state index contributed by atoms with van der Waals surface area (Å²) in [4.78, 5) is 48.6. The van der Waals surface area contributed by atoms with Crippen molar-refractivity contribution < 1.29 is 33.4 Å². The number of carbonyl (C=O) groups excluding carboxylic acids is 4. The Hall–Kier alpha value is -2.76. The molecule has 0 aromatic heterocycles. The molecule has 12 heteroatoms. The summed E-state index contributed by atoms with van der Waals surface area (Å²) in [5, 5.41) is 10.5. The number of ether oxygens (including phenoxy) is 3. The summed E-state index contributed by atoms with van der Waals surface area (Å²) in [6, 6.07) is -1.52. The molecule has 0 saturated heterocycles. The van der Waals surface area contributed by atoms with E-state index in [1.807, 2.05) is 0 Å². The van der Waals surface area contributed by atoms with Gasteiger partial charge in [0.25, 0.3) is 0 Å². The first-order chi connectivity index (χ1) is 15.8. The zero-order valence-corrected chi connectivity index (χ0v) is 22.6. The third kappa shape index (κ3) is 18.3. The highest BCUT2D eigenvalue weighted by molar-refractivity contribution is 5.86. The van der Waals surface area contributed by atoms with Crippen molar-refractivity contribution in [2.45, 2.75) is 104 Å². The van der Waals surface area contributed by atoms with Crippen LogP contribution in [0.5, 0.6) is 0 Å². The highest BCUT2D eigenvalue weighted by Gasteiger charge is 2.25. The molecule has 0 aromatic rings. The maximum absolute atomic E-state index is 12.6. The fourth-order valence-corrected chi connectivity index (χ4v) is 2.58. The second-order valence-electron chi connectivity index (χ2n) is 11.1. The number of alkyl carbamates (subject to hydrolysis) is 3. The molecule has 0 aromatic carbocycles. The Kier molecular flexibility index (Phi) is 12.9. The summed E-state index contributed by atoms with van der Waals surface area (Å²) in [7, 11) is 0. The van der Waals surface area contributed by atoms with Crippen molar-refractivity contribution in [1.29, 1.82) is 0 Å². The van der Waals surface area contributed by atoms with Crippen molar-refractivity contribution in [2.24, 2.45) is 5.73 Å². The number of nitrogens with two attached hydrogens (primary N) is 1. The highest BCUT2D eigenvalue weighted by Crippen LogP contribution is 2.09. The SMILES string of the molecule is CC(C)(C)OC(=O)NCCC[C@@H](CNC(=O)[C@H](CN)NC(=O)OC(C)(C)C)NC(=O)OC(C)(C)C. The number of carbonyl (C=O) groups is 4. The van der Waals surface area contributed by atoms with Gasteiger partial charge in [-0.25, -0.2) is 14.4 Å². The molecule has 0 radical (unpaired) electrons. The highest BCUT2D eigenvalue weighted by atomic mass is 16.6. The van der Waals surface area contributed by atoms with Crippen LogP contribution in [0, 0.1) is 0 Å². The molecule has 0 saturated carbocycles. The molecule has 0 fully saturated rings. The minimum atomic E-state index is -1.01. The Morgan fingerprint density at radius 3 is 1.63 bits per heavy atom. The summed E-state index contributed by atoms with van der Waals surface area (Å²) in [6.45, 7) is 15.8. The van der Waals surface area contributed by atoms with Gasteiger partial charge in [0.2, 0.25) is 5.91 Å². The number of hydrogen-bond acceptors (Lipinski definition) is 8. The molecular formula is C23H45N5O7. The van der Waals surface area contributed by atoms with Crippen LogP contribution in [0.3, 0.4) is 0 Å². The van der Waals surface area contributed by atoms with Crippen molar-refractivity contribution in [3.05, 3.63) is 0 Å². The zero-order chi connectivity index (χ0) is 27.4. The molecule has 0 aliphatic carbocycles. The summed E-state index contributed by atoms with van der Waals surface area (Å²) in [5.74, 6) is -0.527. The average molecular weight is 504 g/mol. The molecule has 0 bridgehead atoms. The lowest BCUT2D eigenvalue weighted by molar-refractivity contribution is -0.123. The standard InChI is InChI=1S/C23H45N5O7/c1-21(2,3)33-18(30)25-12-10-11-15(27-19(31)34-22(4,5)6)14-26-17(29)16(13-24)28-20(32)35-23(7,8)9/h15-16H,10-14,24H2,1-9H3,(H,25,30)(H,26,29)(H,27,31)(H,28,32)/t15-,16-/m0/s1. The second-order valence-corrected chi connectivity index (χ2v) is 11.1. The van der Waals surface area contributed by atoms with E-state index in [-0.39, 0.29) is 13.1 Å². The molecule has 0 aliphatic rings. The third-order valence-corrected chi connectivity index (χ3v) is 3.88. The maximum atomic E-state index is 12.6. The van der Waals surface area contributed by atoms with Gasteiger partial charge in [-0.3, -0.25) is 4.79 Å². The van der Waals surface area contributed by atoms with Crippen LogP contribution in [-0.4, -0.2) is 72.7 Å². The minimum Gasteiger partial charge on any atom is -0.444 e. The lowest BCUT2D eigenvalue weighted by Crippen LogP contribution is -2.54. The topological polar surface area (TPSA) is 170 Å². The minimum absolute atomic E-state index is 0.0526. The van der Waals surface area contributed by atoms with Crippen molar-refractivity contribution >= 4 is 24.2 Å². The van der Waals surface area contributed by atoms with Gasteiger partial charge in [0.05, 0.1) is 0 Å². The first-order valence-electron chi connectivity index (χ1n) is 11.7. The fraction of sp³-hybridized carbons (Fsp3) is 0.826. The zero-order valence-electron chi connectivity index (χ0n) is 22.6. The predicted octanol–water partition coefficient (Wildman–Crippen LogP) is 2.15. The summed E-state index contributed by atoms with van der Waals surface area (Å²) in [5.41, 5.74) is 3.61. The summed E-state index contributed by atoms with van der Waals surface area (Å²) < 4.78 is 15.6. The smallest absolute Gasteiger partial charge is 0.408 e. The van der Waals surface area contributed by atoms with Crippen LogP contribution >= 0.6 is 0 Å². The van der Waals surface area contributed by atoms with Crippen LogP contribution in [-0.2, 0) is 19.0 Å². The van der Waals surface area contributed by atoms with Gasteiger partial charge in [-0.1, -0.05) is 0 Å². The Balaban J connectivity index is 4.93. The van der Waals surface area contributed by atoms with Gasteiger partial charge in [-0.15, -0.1) is 0 Å². The van der Waals surface area contributed by atoms with Crippen LogP contribution in [0.25, 0.3) is 0 Å². The number of rotatable bonds is 10. The van der Waals surface area contributed by atoms with E-state index in [1.54, 1.807) is 62.3 Å². The molecule has 0 heterocycles. The van der Waals surface area contributed by atoms with E-state index < -0.39 is 53.1 Å². The fourth-order valence-electron chi connectivity index (χ4n) is 2.58. The van der Waals surface area contributed by atoms with Gasteiger partial charge in [-0.05, 0) is 75.2 Å². The van der Waals surface area contributed by atoms with Crippen LogP contribution in [0.1, 0.15) is 75.2 Å². The van der Waals surface area contributed by atoms with E-state index in [4.69, 9.17) is 19.9 Å². The van der Waals surface area contributed by atoms with E-state index in [0.29, 0.717) is 19.4 Å². The van der Waals surface area contributed by atoms with Crippen LogP contribution in [0.4, 0.5) is 14.4 Å². The molecule has 0 unspecified atom stereocenters. The first-order valence-corrected chi connectivity index (χ1v) is 11.7. The van der Waals surface area contributed by atoms with E-state index in [9.17, 15) is 19.2 Å². The molecule has 2 atom stereocenters. The van der Waals surface area contributed by atoms with Gasteiger partial charge < -0.3 is 41.2 Å². The molecule has 4 amide bonds. The normalized spacial score (nSPS) is 13.7. The van der Waals surface area contributed by atoms with Crippen molar-refractivity contribution in [2.75, 3.05) is 19.6 Å². The second kappa shape index (κ2) is 14.0. The van der Waals surface area contributed by atoms with Crippen LogP contribution in [0.15, 0.2) is 0 Å². The third-order valence-electron chi connectivity index (χ3n) is 3.88. The van der Waals surface area contributed by atoms with Gasteiger partial charge in [0.1, 0.15) is 22.8 Å². The summed E-state index contributed by atoms with van der Waals surface area (Å²) in [6.07, 6.45) is -1.03. The molecule has 0 spiro atoms. The molecule has 35 heavy (non-hydrogen) atoms. The number of amides is 4. The largest absolute Gasteiger partial charge is 0.444 e. The Labute approximate surface area is 208 Å². The summed E-state index contributed by atoms with van der Waals surface area (Å²) >= 11 is 0. The average Bonchev–Trinajstić information content (AvgIpc) is 2.62. The molecule has 204 valence electrons. The van der Waals surface area contributed by atoms with Crippen molar-refractivity contribution in [1.82, 2.24) is 21.3 Å².